The van der Waals surface area contributed by atoms with E-state index in [2.05, 4.69) is 111 Å². The molecule has 1 nitrogen and oxygen atoms in total. The normalized spacial score (nSPS) is 12.4. The predicted molar refractivity (Wildman–Crippen MR) is 130 cm³/mol. The molecule has 0 aliphatic carbocycles. The van der Waals surface area contributed by atoms with Crippen LogP contribution in [-0.4, -0.2) is 23.5 Å². The van der Waals surface area contributed by atoms with Crippen molar-refractivity contribution in [1.29, 1.82) is 0 Å². The van der Waals surface area contributed by atoms with Gasteiger partial charge >= 0.3 is 0 Å². The summed E-state index contributed by atoms with van der Waals surface area (Å²) in [7, 11) is 0. The summed E-state index contributed by atoms with van der Waals surface area (Å²) >= 11 is 0. The van der Waals surface area contributed by atoms with Gasteiger partial charge in [0.2, 0.25) is 0 Å². The Morgan fingerprint density at radius 2 is 1.17 bits per heavy atom. The second kappa shape index (κ2) is 13.2. The van der Waals surface area contributed by atoms with Crippen molar-refractivity contribution in [3.05, 3.63) is 83.9 Å². The van der Waals surface area contributed by atoms with Crippen molar-refractivity contribution in [2.75, 3.05) is 13.1 Å². The second-order valence-corrected chi connectivity index (χ2v) is 8.51. The Bertz CT molecular complexity index is 661. The van der Waals surface area contributed by atoms with Crippen LogP contribution in [0.25, 0.3) is 12.2 Å². The molecule has 0 spiro atoms. The summed E-state index contributed by atoms with van der Waals surface area (Å²) in [5.41, 5.74) is 2.73. The summed E-state index contributed by atoms with van der Waals surface area (Å²) in [6.45, 7) is 9.02. The van der Waals surface area contributed by atoms with E-state index in [1.165, 1.54) is 49.7 Å². The highest BCUT2D eigenvalue weighted by atomic mass is 15.2. The lowest BCUT2D eigenvalue weighted by Gasteiger charge is -2.38. The molecule has 0 aliphatic rings. The molecule has 2 aromatic rings. The third-order valence-electron chi connectivity index (χ3n) is 5.62. The van der Waals surface area contributed by atoms with Crippen molar-refractivity contribution in [2.45, 2.75) is 64.8 Å². The van der Waals surface area contributed by atoms with Crippen LogP contribution in [0.3, 0.4) is 0 Å². The first-order valence-corrected chi connectivity index (χ1v) is 11.3. The summed E-state index contributed by atoms with van der Waals surface area (Å²) < 4.78 is 0. The highest BCUT2D eigenvalue weighted by molar-refractivity contribution is 5.49. The number of nitrogens with zero attached hydrogens (tertiary/aromatic N) is 1. The van der Waals surface area contributed by atoms with Gasteiger partial charge in [-0.3, -0.25) is 4.90 Å². The molecule has 0 unspecified atom stereocenters. The minimum atomic E-state index is 0.189. The van der Waals surface area contributed by atoms with E-state index in [1.807, 2.05) is 0 Å². The summed E-state index contributed by atoms with van der Waals surface area (Å²) in [5, 5.41) is 0. The minimum Gasteiger partial charge on any atom is -0.291 e. The smallest absolute Gasteiger partial charge is 0.0175 e. The Morgan fingerprint density at radius 1 is 0.690 bits per heavy atom. The summed E-state index contributed by atoms with van der Waals surface area (Å²) in [6.07, 6.45) is 17.1. The van der Waals surface area contributed by atoms with Crippen molar-refractivity contribution >= 4 is 12.2 Å². The van der Waals surface area contributed by atoms with E-state index in [0.717, 1.165) is 13.1 Å². The topological polar surface area (TPSA) is 3.24 Å². The van der Waals surface area contributed by atoms with Gasteiger partial charge in [-0.1, -0.05) is 124 Å². The summed E-state index contributed by atoms with van der Waals surface area (Å²) in [5.74, 6) is 0. The van der Waals surface area contributed by atoms with E-state index in [4.69, 9.17) is 0 Å². The van der Waals surface area contributed by atoms with Gasteiger partial charge in [-0.25, -0.2) is 0 Å². The van der Waals surface area contributed by atoms with Gasteiger partial charge < -0.3 is 0 Å². The first kappa shape index (κ1) is 23.2. The molecule has 0 N–H and O–H groups in total. The maximum absolute atomic E-state index is 2.60. The lowest BCUT2D eigenvalue weighted by Crippen LogP contribution is -2.44. The van der Waals surface area contributed by atoms with E-state index >= 15 is 0 Å². The van der Waals surface area contributed by atoms with Crippen LogP contribution in [0.2, 0.25) is 0 Å². The van der Waals surface area contributed by atoms with Crippen molar-refractivity contribution in [2.24, 2.45) is 0 Å². The first-order valence-electron chi connectivity index (χ1n) is 11.3. The number of benzene rings is 2. The Hall–Kier alpha value is -2.12. The third-order valence-corrected chi connectivity index (χ3v) is 5.62. The maximum Gasteiger partial charge on any atom is 0.0175 e. The number of rotatable bonds is 13. The van der Waals surface area contributed by atoms with Crippen LogP contribution < -0.4 is 0 Å². The van der Waals surface area contributed by atoms with Crippen LogP contribution in [0.5, 0.6) is 0 Å². The molecule has 0 radical (unpaired) electrons. The first-order chi connectivity index (χ1) is 14.1. The number of unbranched alkanes of at least 4 members (excludes halogenated alkanes) is 4. The largest absolute Gasteiger partial charge is 0.291 e. The van der Waals surface area contributed by atoms with Gasteiger partial charge in [0.05, 0.1) is 0 Å². The second-order valence-electron chi connectivity index (χ2n) is 8.51. The molecule has 0 saturated heterocycles. The molecule has 0 fully saturated rings. The molecule has 29 heavy (non-hydrogen) atoms. The maximum atomic E-state index is 2.60. The molecule has 0 saturated carbocycles. The molecule has 0 aliphatic heterocycles. The zero-order chi connectivity index (χ0) is 20.8. The highest BCUT2D eigenvalue weighted by Gasteiger charge is 2.24. The van der Waals surface area contributed by atoms with Crippen molar-refractivity contribution < 1.29 is 0 Å². The third kappa shape index (κ3) is 9.28. The Kier molecular flexibility index (Phi) is 10.5. The standard InChI is InChI=1S/C28H39N/c1-4-5-6-7-14-23-28(2,3)29(24-15-21-26-17-10-8-11-18-26)25-16-22-27-19-12-9-13-20-27/h8-13,15-22H,4-7,14,23-25H2,1-3H3/b21-15+,22-16+. The Balaban J connectivity index is 1.98. The van der Waals surface area contributed by atoms with Gasteiger partial charge in [-0.05, 0) is 31.4 Å². The lowest BCUT2D eigenvalue weighted by molar-refractivity contribution is 0.139. The summed E-state index contributed by atoms with van der Waals surface area (Å²) in [4.78, 5) is 2.60. The van der Waals surface area contributed by atoms with Crippen LogP contribution in [-0.2, 0) is 0 Å². The summed E-state index contributed by atoms with van der Waals surface area (Å²) in [6, 6.07) is 21.2. The van der Waals surface area contributed by atoms with Gasteiger partial charge in [0.15, 0.2) is 0 Å². The number of hydrogen-bond acceptors (Lipinski definition) is 1. The van der Waals surface area contributed by atoms with Crippen LogP contribution in [0.1, 0.15) is 70.4 Å². The Labute approximate surface area is 179 Å². The molecular formula is C28H39N. The van der Waals surface area contributed by atoms with Gasteiger partial charge in [0.25, 0.3) is 0 Å². The molecular weight excluding hydrogens is 350 g/mol. The molecule has 0 aromatic heterocycles. The fraction of sp³-hybridized carbons (Fsp3) is 0.429. The number of hydrogen-bond donors (Lipinski definition) is 0. The SMILES string of the molecule is CCCCCCCC(C)(C)N(C/C=C/c1ccccc1)C/C=C/c1ccccc1. The van der Waals surface area contributed by atoms with Crippen molar-refractivity contribution in [3.63, 3.8) is 0 Å². The lowest BCUT2D eigenvalue weighted by atomic mass is 9.93. The zero-order valence-electron chi connectivity index (χ0n) is 18.7. The molecule has 156 valence electrons. The van der Waals surface area contributed by atoms with E-state index in [-0.39, 0.29) is 5.54 Å². The van der Waals surface area contributed by atoms with Crippen LogP contribution in [0, 0.1) is 0 Å². The van der Waals surface area contributed by atoms with Crippen LogP contribution in [0.15, 0.2) is 72.8 Å². The average Bonchev–Trinajstić information content (AvgIpc) is 2.74. The molecule has 0 heterocycles. The van der Waals surface area contributed by atoms with Gasteiger partial charge in [-0.15, -0.1) is 0 Å². The van der Waals surface area contributed by atoms with E-state index in [1.54, 1.807) is 0 Å². The molecule has 0 amide bonds. The molecule has 0 atom stereocenters. The van der Waals surface area contributed by atoms with Crippen LogP contribution in [0.4, 0.5) is 0 Å². The Morgan fingerprint density at radius 3 is 1.66 bits per heavy atom. The monoisotopic (exact) mass is 389 g/mol. The van der Waals surface area contributed by atoms with Crippen molar-refractivity contribution in [3.8, 4) is 0 Å². The average molecular weight is 390 g/mol. The van der Waals surface area contributed by atoms with E-state index in [9.17, 15) is 0 Å². The highest BCUT2D eigenvalue weighted by Crippen LogP contribution is 2.23. The molecule has 2 aromatic carbocycles. The zero-order valence-corrected chi connectivity index (χ0v) is 18.7. The van der Waals surface area contributed by atoms with E-state index in [0.29, 0.717) is 0 Å². The quantitative estimate of drug-likeness (QED) is 0.315. The van der Waals surface area contributed by atoms with Gasteiger partial charge in [0, 0.05) is 18.6 Å². The molecule has 2 rings (SSSR count). The molecule has 0 bridgehead atoms. The van der Waals surface area contributed by atoms with Gasteiger partial charge in [0.1, 0.15) is 0 Å². The predicted octanol–water partition coefficient (Wildman–Crippen LogP) is 7.85. The fourth-order valence-corrected chi connectivity index (χ4v) is 3.65. The minimum absolute atomic E-state index is 0.189. The fourth-order valence-electron chi connectivity index (χ4n) is 3.65. The van der Waals surface area contributed by atoms with Crippen LogP contribution >= 0.6 is 0 Å². The molecule has 1 heteroatoms. The van der Waals surface area contributed by atoms with Gasteiger partial charge in [-0.2, -0.15) is 0 Å². The van der Waals surface area contributed by atoms with E-state index < -0.39 is 0 Å². The van der Waals surface area contributed by atoms with Crippen molar-refractivity contribution in [1.82, 2.24) is 4.90 Å².